The fraction of sp³-hybridized carbons (Fsp3) is 0.333. The van der Waals surface area contributed by atoms with Gasteiger partial charge in [-0.15, -0.1) is 0 Å². The number of amidine groups is 1. The largest absolute Gasteiger partial charge is 0.494 e. The lowest BCUT2D eigenvalue weighted by Gasteiger charge is -2.09. The zero-order valence-corrected chi connectivity index (χ0v) is 13.2. The second-order valence-corrected chi connectivity index (χ2v) is 6.64. The highest BCUT2D eigenvalue weighted by Crippen LogP contribution is 2.31. The molecule has 1 aromatic rings. The number of nitrogens with zero attached hydrogens (tertiary/aromatic N) is 2. The number of nitriles is 1. The Hall–Kier alpha value is -1.76. The molecule has 9 heteroatoms. The molecular formula is C12H15N3O4S2. The van der Waals surface area contributed by atoms with Gasteiger partial charge in [0.25, 0.3) is 0 Å². The van der Waals surface area contributed by atoms with E-state index in [9.17, 15) is 8.42 Å². The van der Waals surface area contributed by atoms with Crippen molar-refractivity contribution < 1.29 is 18.3 Å². The van der Waals surface area contributed by atoms with Gasteiger partial charge in [0.05, 0.1) is 24.4 Å². The molecule has 0 spiro atoms. The van der Waals surface area contributed by atoms with Gasteiger partial charge in [0, 0.05) is 0 Å². The van der Waals surface area contributed by atoms with Crippen LogP contribution in [0.2, 0.25) is 0 Å². The summed E-state index contributed by atoms with van der Waals surface area (Å²) in [5, 5.41) is 20.1. The van der Waals surface area contributed by atoms with Crippen molar-refractivity contribution in [2.75, 3.05) is 25.7 Å². The van der Waals surface area contributed by atoms with Gasteiger partial charge in [0.15, 0.2) is 21.2 Å². The molecule has 1 rings (SSSR count). The number of methoxy groups -OCH3 is 1. The molecule has 0 radical (unpaired) electrons. The van der Waals surface area contributed by atoms with Gasteiger partial charge in [-0.05, 0) is 24.5 Å². The molecule has 0 aromatic heterocycles. The van der Waals surface area contributed by atoms with Crippen molar-refractivity contribution in [1.82, 2.24) is 5.32 Å². The van der Waals surface area contributed by atoms with Crippen LogP contribution in [0.3, 0.4) is 0 Å². The van der Waals surface area contributed by atoms with E-state index in [2.05, 4.69) is 10.3 Å². The summed E-state index contributed by atoms with van der Waals surface area (Å²) in [5.41, 5.74) is 0.281. The standard InChI is InChI=1S/C12H15N3O4S2/c1-19-11-4-3-9(21(17,18)6-5-16)7-10(11)15-12(20-2)14-8-13/h3-4,7,16H,5-6H2,1-2H3,(H,14,15). The van der Waals surface area contributed by atoms with Crippen LogP contribution in [0.1, 0.15) is 0 Å². The molecule has 0 atom stereocenters. The van der Waals surface area contributed by atoms with Crippen molar-refractivity contribution in [1.29, 1.82) is 5.26 Å². The third kappa shape index (κ3) is 4.63. The first kappa shape index (κ1) is 17.3. The van der Waals surface area contributed by atoms with Gasteiger partial charge in [-0.3, -0.25) is 5.32 Å². The van der Waals surface area contributed by atoms with E-state index in [0.717, 1.165) is 0 Å². The van der Waals surface area contributed by atoms with Crippen LogP contribution in [0.4, 0.5) is 5.69 Å². The molecule has 0 saturated carbocycles. The fourth-order valence-electron chi connectivity index (χ4n) is 1.47. The summed E-state index contributed by atoms with van der Waals surface area (Å²) < 4.78 is 29.0. The lowest BCUT2D eigenvalue weighted by Crippen LogP contribution is -2.13. The van der Waals surface area contributed by atoms with E-state index < -0.39 is 16.4 Å². The monoisotopic (exact) mass is 329 g/mol. The highest BCUT2D eigenvalue weighted by molar-refractivity contribution is 8.13. The lowest BCUT2D eigenvalue weighted by atomic mass is 10.3. The maximum Gasteiger partial charge on any atom is 0.183 e. The number of sulfone groups is 1. The average molecular weight is 329 g/mol. The maximum absolute atomic E-state index is 11.9. The molecule has 0 heterocycles. The van der Waals surface area contributed by atoms with Crippen molar-refractivity contribution in [3.8, 4) is 11.9 Å². The maximum atomic E-state index is 11.9. The Morgan fingerprint density at radius 2 is 2.29 bits per heavy atom. The van der Waals surface area contributed by atoms with E-state index in [1.807, 2.05) is 0 Å². The van der Waals surface area contributed by atoms with Gasteiger partial charge in [0.2, 0.25) is 0 Å². The molecule has 7 nitrogen and oxygen atoms in total. The van der Waals surface area contributed by atoms with E-state index in [0.29, 0.717) is 10.9 Å². The minimum atomic E-state index is -3.58. The minimum absolute atomic E-state index is 0.0357. The van der Waals surface area contributed by atoms with E-state index in [1.165, 1.54) is 37.1 Å². The molecule has 0 saturated heterocycles. The summed E-state index contributed by atoms with van der Waals surface area (Å²) in [6.45, 7) is -0.459. The number of aliphatic hydroxyl groups is 1. The molecule has 114 valence electrons. The van der Waals surface area contributed by atoms with Crippen molar-refractivity contribution in [2.45, 2.75) is 4.90 Å². The Balaban J connectivity index is 3.34. The first-order valence-electron chi connectivity index (χ1n) is 5.78. The van der Waals surface area contributed by atoms with E-state index in [4.69, 9.17) is 15.1 Å². The van der Waals surface area contributed by atoms with Crippen molar-refractivity contribution >= 4 is 32.5 Å². The topological polar surface area (TPSA) is 112 Å². The highest BCUT2D eigenvalue weighted by Gasteiger charge is 2.16. The molecule has 2 N–H and O–H groups in total. The minimum Gasteiger partial charge on any atom is -0.494 e. The second-order valence-electron chi connectivity index (χ2n) is 3.73. The van der Waals surface area contributed by atoms with Crippen molar-refractivity contribution in [2.24, 2.45) is 4.99 Å². The summed E-state index contributed by atoms with van der Waals surface area (Å²) in [7, 11) is -2.14. The Morgan fingerprint density at radius 1 is 1.57 bits per heavy atom. The Labute approximate surface area is 127 Å². The smallest absolute Gasteiger partial charge is 0.183 e. The van der Waals surface area contributed by atoms with Gasteiger partial charge in [-0.25, -0.2) is 13.4 Å². The SMILES string of the molecule is COc1ccc(S(=O)(=O)CCO)cc1N=C(NC#N)SC. The normalized spacial score (nSPS) is 11.8. The summed E-state index contributed by atoms with van der Waals surface area (Å²) >= 11 is 1.20. The van der Waals surface area contributed by atoms with Crippen LogP contribution in [-0.2, 0) is 9.84 Å². The zero-order chi connectivity index (χ0) is 15.9. The van der Waals surface area contributed by atoms with Crippen molar-refractivity contribution in [3.63, 3.8) is 0 Å². The number of hydrogen-bond donors (Lipinski definition) is 2. The Kier molecular flexibility index (Phi) is 6.48. The van der Waals surface area contributed by atoms with Gasteiger partial charge < -0.3 is 9.84 Å². The predicted molar refractivity (Wildman–Crippen MR) is 81.5 cm³/mol. The van der Waals surface area contributed by atoms with Crippen LogP contribution in [0.15, 0.2) is 28.1 Å². The van der Waals surface area contributed by atoms with Crippen LogP contribution >= 0.6 is 11.8 Å². The predicted octanol–water partition coefficient (Wildman–Crippen LogP) is 0.882. The van der Waals surface area contributed by atoms with Gasteiger partial charge in [-0.2, -0.15) is 5.26 Å². The van der Waals surface area contributed by atoms with Gasteiger partial charge in [-0.1, -0.05) is 11.8 Å². The van der Waals surface area contributed by atoms with Crippen LogP contribution < -0.4 is 10.1 Å². The van der Waals surface area contributed by atoms with Crippen LogP contribution in [0, 0.1) is 11.5 Å². The quantitative estimate of drug-likeness (QED) is 0.357. The number of aliphatic hydroxyl groups excluding tert-OH is 1. The van der Waals surface area contributed by atoms with E-state index >= 15 is 0 Å². The summed E-state index contributed by atoms with van der Waals surface area (Å²) in [5.74, 6) is 0.0122. The first-order chi connectivity index (χ1) is 9.98. The second kappa shape index (κ2) is 7.87. The van der Waals surface area contributed by atoms with Crippen LogP contribution in [0.5, 0.6) is 5.75 Å². The summed E-state index contributed by atoms with van der Waals surface area (Å²) in [4.78, 5) is 4.20. The number of thioether (sulfide) groups is 1. The molecule has 0 aliphatic carbocycles. The first-order valence-corrected chi connectivity index (χ1v) is 8.65. The summed E-state index contributed by atoms with van der Waals surface area (Å²) in [6.07, 6.45) is 3.47. The van der Waals surface area contributed by atoms with Gasteiger partial charge >= 0.3 is 0 Å². The third-order valence-electron chi connectivity index (χ3n) is 2.45. The molecule has 0 bridgehead atoms. The average Bonchev–Trinajstić information content (AvgIpc) is 2.46. The molecule has 0 fully saturated rings. The number of nitrogens with one attached hydrogen (secondary N) is 1. The highest BCUT2D eigenvalue weighted by atomic mass is 32.2. The Bertz CT molecular complexity index is 666. The number of hydrogen-bond acceptors (Lipinski definition) is 7. The molecule has 21 heavy (non-hydrogen) atoms. The molecule has 0 amide bonds. The number of aliphatic imine (C=N–C) groups is 1. The molecule has 0 aliphatic rings. The fourth-order valence-corrected chi connectivity index (χ4v) is 2.85. The number of benzene rings is 1. The van der Waals surface area contributed by atoms with E-state index in [-0.39, 0.29) is 16.3 Å². The zero-order valence-electron chi connectivity index (χ0n) is 11.5. The third-order valence-corrected chi connectivity index (χ3v) is 4.72. The van der Waals surface area contributed by atoms with E-state index in [1.54, 1.807) is 12.4 Å². The number of rotatable bonds is 5. The van der Waals surface area contributed by atoms with Crippen molar-refractivity contribution in [3.05, 3.63) is 18.2 Å². The van der Waals surface area contributed by atoms with Crippen LogP contribution in [0.25, 0.3) is 0 Å². The molecular weight excluding hydrogens is 314 g/mol. The number of ether oxygens (including phenoxy) is 1. The molecule has 1 aromatic carbocycles. The lowest BCUT2D eigenvalue weighted by molar-refractivity contribution is 0.319. The molecule has 0 unspecified atom stereocenters. The van der Waals surface area contributed by atoms with Crippen LogP contribution in [-0.4, -0.2) is 44.4 Å². The summed E-state index contributed by atoms with van der Waals surface area (Å²) in [6, 6.07) is 4.21. The Morgan fingerprint density at radius 3 is 2.81 bits per heavy atom. The molecule has 0 aliphatic heterocycles. The van der Waals surface area contributed by atoms with Gasteiger partial charge in [0.1, 0.15) is 11.4 Å².